The Kier molecular flexibility index (Phi) is 5.20. The second-order valence-electron chi connectivity index (χ2n) is 8.57. The van der Waals surface area contributed by atoms with E-state index < -0.39 is 0 Å². The van der Waals surface area contributed by atoms with Gasteiger partial charge in [0.15, 0.2) is 0 Å². The zero-order valence-corrected chi connectivity index (χ0v) is 18.4. The molecule has 0 fully saturated rings. The highest BCUT2D eigenvalue weighted by Gasteiger charge is 2.32. The fourth-order valence-corrected chi connectivity index (χ4v) is 4.26. The summed E-state index contributed by atoms with van der Waals surface area (Å²) >= 11 is 0. The highest BCUT2D eigenvalue weighted by atomic mass is 15.1. The predicted octanol–water partition coefficient (Wildman–Crippen LogP) is 8.23. The first-order valence-electron chi connectivity index (χ1n) is 11.0. The molecule has 0 amide bonds. The van der Waals surface area contributed by atoms with E-state index in [2.05, 4.69) is 128 Å². The van der Waals surface area contributed by atoms with Crippen LogP contribution in [0.2, 0.25) is 0 Å². The van der Waals surface area contributed by atoms with Crippen LogP contribution >= 0.6 is 0 Å². The molecule has 0 aromatic heterocycles. The number of para-hydroxylation sites is 3. The van der Waals surface area contributed by atoms with Crippen molar-refractivity contribution in [2.45, 2.75) is 19.3 Å². The molecule has 1 aliphatic heterocycles. The van der Waals surface area contributed by atoms with Gasteiger partial charge in [-0.2, -0.15) is 0 Å². The number of nitrogens with zero attached hydrogens (tertiary/aromatic N) is 2. The third kappa shape index (κ3) is 3.76. The van der Waals surface area contributed by atoms with Crippen LogP contribution in [0.25, 0.3) is 6.08 Å². The number of hydrogen-bond donors (Lipinski definition) is 0. The molecule has 0 bridgehead atoms. The lowest BCUT2D eigenvalue weighted by Crippen LogP contribution is -2.23. The Morgan fingerprint density at radius 2 is 1.12 bits per heavy atom. The number of benzene rings is 4. The molecule has 0 saturated carbocycles. The Hall–Kier alpha value is -3.91. The monoisotopic (exact) mass is 414 g/mol. The van der Waals surface area contributed by atoms with Gasteiger partial charge in [0.2, 0.25) is 0 Å². The van der Waals surface area contributed by atoms with Crippen molar-refractivity contribution in [2.75, 3.05) is 4.90 Å². The molecule has 0 radical (unpaired) electrons. The number of hydrogen-bond acceptors (Lipinski definition) is 2. The Bertz CT molecular complexity index is 1230. The van der Waals surface area contributed by atoms with E-state index in [0.29, 0.717) is 0 Å². The van der Waals surface area contributed by atoms with Crippen molar-refractivity contribution in [3.05, 3.63) is 126 Å². The maximum Gasteiger partial charge on any atom is 0.0674 e. The van der Waals surface area contributed by atoms with Crippen LogP contribution in [0.15, 0.2) is 120 Å². The maximum atomic E-state index is 4.87. The lowest BCUT2D eigenvalue weighted by atomic mass is 9.81. The standard InChI is InChI=1S/C30H26N2/c1-30(2)27-15-9-10-16-28(27)31-29(30)22-19-23-17-20-26(21-18-23)32(24-11-5-3-6-12-24)25-13-7-4-8-14-25/h3-22H,1-2H3. The summed E-state index contributed by atoms with van der Waals surface area (Å²) in [6.45, 7) is 4.48. The Labute approximate surface area is 190 Å². The van der Waals surface area contributed by atoms with Gasteiger partial charge in [-0.25, -0.2) is 0 Å². The molecule has 5 rings (SSSR count). The number of aliphatic imine (C=N–C) groups is 1. The summed E-state index contributed by atoms with van der Waals surface area (Å²) in [7, 11) is 0. The zero-order valence-electron chi connectivity index (χ0n) is 18.4. The molecular weight excluding hydrogens is 388 g/mol. The third-order valence-electron chi connectivity index (χ3n) is 6.07. The summed E-state index contributed by atoms with van der Waals surface area (Å²) in [4.78, 5) is 7.14. The van der Waals surface area contributed by atoms with Crippen molar-refractivity contribution in [1.29, 1.82) is 0 Å². The van der Waals surface area contributed by atoms with E-state index in [4.69, 9.17) is 4.99 Å². The molecule has 0 N–H and O–H groups in total. The summed E-state index contributed by atoms with van der Waals surface area (Å²) in [6.07, 6.45) is 4.31. The first-order chi connectivity index (χ1) is 15.6. The topological polar surface area (TPSA) is 15.6 Å². The van der Waals surface area contributed by atoms with Gasteiger partial charge in [-0.3, -0.25) is 4.99 Å². The first-order valence-corrected chi connectivity index (χ1v) is 11.0. The molecule has 156 valence electrons. The summed E-state index contributed by atoms with van der Waals surface area (Å²) in [5.74, 6) is 0. The van der Waals surface area contributed by atoms with E-state index >= 15 is 0 Å². The van der Waals surface area contributed by atoms with Crippen molar-refractivity contribution in [2.24, 2.45) is 4.99 Å². The third-order valence-corrected chi connectivity index (χ3v) is 6.07. The van der Waals surface area contributed by atoms with Gasteiger partial charge in [0, 0.05) is 22.5 Å². The van der Waals surface area contributed by atoms with Gasteiger partial charge < -0.3 is 4.90 Å². The molecule has 1 aliphatic rings. The Morgan fingerprint density at radius 1 is 0.594 bits per heavy atom. The summed E-state index contributed by atoms with van der Waals surface area (Å²) in [5.41, 5.74) is 7.95. The molecule has 32 heavy (non-hydrogen) atoms. The fraction of sp³-hybridized carbons (Fsp3) is 0.100. The number of anilines is 3. The molecule has 0 unspecified atom stereocenters. The molecule has 0 atom stereocenters. The van der Waals surface area contributed by atoms with Gasteiger partial charge in [0.05, 0.1) is 11.4 Å². The minimum absolute atomic E-state index is 0.0789. The largest absolute Gasteiger partial charge is 0.311 e. The van der Waals surface area contributed by atoms with Gasteiger partial charge in [0.25, 0.3) is 0 Å². The second kappa shape index (κ2) is 8.32. The van der Waals surface area contributed by atoms with Crippen molar-refractivity contribution in [1.82, 2.24) is 0 Å². The molecule has 0 spiro atoms. The SMILES string of the molecule is CC1(C)C(C=Cc2ccc(N(c3ccccc3)c3ccccc3)cc2)=Nc2ccccc21. The van der Waals surface area contributed by atoms with Crippen LogP contribution in [0.4, 0.5) is 22.7 Å². The van der Waals surface area contributed by atoms with Crippen LogP contribution in [0.5, 0.6) is 0 Å². The molecule has 0 saturated heterocycles. The minimum Gasteiger partial charge on any atom is -0.311 e. The Balaban J connectivity index is 1.43. The van der Waals surface area contributed by atoms with Crippen molar-refractivity contribution >= 4 is 34.5 Å². The second-order valence-corrected chi connectivity index (χ2v) is 8.57. The molecule has 4 aromatic rings. The lowest BCUT2D eigenvalue weighted by molar-refractivity contribution is 0.740. The van der Waals surface area contributed by atoms with Crippen molar-refractivity contribution < 1.29 is 0 Å². The molecule has 4 aromatic carbocycles. The van der Waals surface area contributed by atoms with Crippen LogP contribution in [-0.2, 0) is 5.41 Å². The average Bonchev–Trinajstić information content (AvgIpc) is 3.10. The van der Waals surface area contributed by atoms with Crippen LogP contribution in [-0.4, -0.2) is 5.71 Å². The van der Waals surface area contributed by atoms with Gasteiger partial charge >= 0.3 is 0 Å². The molecule has 2 nitrogen and oxygen atoms in total. The number of fused-ring (bicyclic) bond motifs is 1. The highest BCUT2D eigenvalue weighted by molar-refractivity contribution is 6.10. The van der Waals surface area contributed by atoms with E-state index in [1.807, 2.05) is 12.1 Å². The number of allylic oxidation sites excluding steroid dienone is 1. The Morgan fingerprint density at radius 3 is 1.72 bits per heavy atom. The van der Waals surface area contributed by atoms with E-state index in [-0.39, 0.29) is 5.41 Å². The number of rotatable bonds is 5. The molecule has 2 heteroatoms. The van der Waals surface area contributed by atoms with Crippen molar-refractivity contribution in [3.63, 3.8) is 0 Å². The van der Waals surface area contributed by atoms with Gasteiger partial charge in [-0.05, 0) is 59.7 Å². The first kappa shape index (κ1) is 20.0. The smallest absolute Gasteiger partial charge is 0.0674 e. The fourth-order valence-electron chi connectivity index (χ4n) is 4.26. The predicted molar refractivity (Wildman–Crippen MR) is 137 cm³/mol. The van der Waals surface area contributed by atoms with Gasteiger partial charge in [-0.1, -0.05) is 86.7 Å². The average molecular weight is 415 g/mol. The normalized spacial score (nSPS) is 14.2. The lowest BCUT2D eigenvalue weighted by Gasteiger charge is -2.25. The van der Waals surface area contributed by atoms with Crippen LogP contribution in [0.3, 0.4) is 0 Å². The van der Waals surface area contributed by atoms with Crippen LogP contribution in [0.1, 0.15) is 25.0 Å². The molecular formula is C30H26N2. The molecule has 0 aliphatic carbocycles. The van der Waals surface area contributed by atoms with Gasteiger partial charge in [-0.15, -0.1) is 0 Å². The highest BCUT2D eigenvalue weighted by Crippen LogP contribution is 2.40. The summed E-state index contributed by atoms with van der Waals surface area (Å²) < 4.78 is 0. The van der Waals surface area contributed by atoms with E-state index in [0.717, 1.165) is 34.0 Å². The van der Waals surface area contributed by atoms with Gasteiger partial charge in [0.1, 0.15) is 0 Å². The van der Waals surface area contributed by atoms with Crippen LogP contribution < -0.4 is 4.90 Å². The maximum absolute atomic E-state index is 4.87. The minimum atomic E-state index is -0.0789. The van der Waals surface area contributed by atoms with Crippen molar-refractivity contribution in [3.8, 4) is 0 Å². The zero-order chi connectivity index (χ0) is 22.0. The van der Waals surface area contributed by atoms with Crippen LogP contribution in [0, 0.1) is 0 Å². The van der Waals surface area contributed by atoms with E-state index in [9.17, 15) is 0 Å². The van der Waals surface area contributed by atoms with E-state index in [1.54, 1.807) is 0 Å². The molecule has 1 heterocycles. The summed E-state index contributed by atoms with van der Waals surface area (Å²) in [6, 6.07) is 38.0. The quantitative estimate of drug-likeness (QED) is 0.321. The summed E-state index contributed by atoms with van der Waals surface area (Å²) in [5, 5.41) is 0. The van der Waals surface area contributed by atoms with E-state index in [1.165, 1.54) is 5.56 Å².